The maximum Gasteiger partial charge on any atom is 0.326 e. The van der Waals surface area contributed by atoms with Gasteiger partial charge in [0, 0.05) is 11.5 Å². The molecule has 1 aromatic carbocycles. The van der Waals surface area contributed by atoms with Crippen LogP contribution in [0, 0.1) is 11.7 Å². The third kappa shape index (κ3) is 3.44. The van der Waals surface area contributed by atoms with Crippen molar-refractivity contribution in [3.8, 4) is 0 Å². The smallest absolute Gasteiger partial charge is 0.326 e. The van der Waals surface area contributed by atoms with E-state index in [1.807, 2.05) is 13.8 Å². The lowest BCUT2D eigenvalue weighted by Crippen LogP contribution is -2.31. The zero-order chi connectivity index (χ0) is 14.7. The number of benzene rings is 1. The minimum absolute atomic E-state index is 0.251. The van der Waals surface area contributed by atoms with Crippen LogP contribution in [0.1, 0.15) is 20.3 Å². The zero-order valence-corrected chi connectivity index (χ0v) is 11.4. The van der Waals surface area contributed by atoms with Crippen molar-refractivity contribution < 1.29 is 14.3 Å². The van der Waals surface area contributed by atoms with Crippen molar-refractivity contribution in [1.82, 2.24) is 4.98 Å². The van der Waals surface area contributed by atoms with Crippen LogP contribution in [0.2, 0.25) is 0 Å². The fraction of sp³-hybridized carbons (Fsp3) is 0.333. The van der Waals surface area contributed by atoms with Crippen molar-refractivity contribution in [3.63, 3.8) is 0 Å². The molecule has 0 saturated heterocycles. The van der Waals surface area contributed by atoms with E-state index in [0.29, 0.717) is 17.8 Å². The molecule has 20 heavy (non-hydrogen) atoms. The first-order valence-corrected chi connectivity index (χ1v) is 6.51. The van der Waals surface area contributed by atoms with Gasteiger partial charge in [-0.3, -0.25) is 0 Å². The van der Waals surface area contributed by atoms with Crippen molar-refractivity contribution >= 4 is 22.7 Å². The number of fused-ring (bicyclic) bond motifs is 1. The molecule has 0 aliphatic heterocycles. The number of carbonyl (C=O) groups is 1. The summed E-state index contributed by atoms with van der Waals surface area (Å²) in [4.78, 5) is 15.5. The van der Waals surface area contributed by atoms with Gasteiger partial charge >= 0.3 is 5.97 Å². The summed E-state index contributed by atoms with van der Waals surface area (Å²) in [7, 11) is 0. The first kappa shape index (κ1) is 14.2. The maximum absolute atomic E-state index is 13.2. The zero-order valence-electron chi connectivity index (χ0n) is 11.4. The minimum atomic E-state index is -0.917. The van der Waals surface area contributed by atoms with Crippen LogP contribution in [0.3, 0.4) is 0 Å². The highest BCUT2D eigenvalue weighted by Gasteiger charge is 2.19. The van der Waals surface area contributed by atoms with Gasteiger partial charge in [-0.15, -0.1) is 0 Å². The first-order valence-electron chi connectivity index (χ1n) is 6.51. The van der Waals surface area contributed by atoms with Gasteiger partial charge in [0.05, 0.1) is 5.52 Å². The summed E-state index contributed by atoms with van der Waals surface area (Å²) in [5, 5.41) is 12.9. The summed E-state index contributed by atoms with van der Waals surface area (Å²) in [5.41, 5.74) is 0.503. The lowest BCUT2D eigenvalue weighted by atomic mass is 10.0. The van der Waals surface area contributed by atoms with E-state index in [-0.39, 0.29) is 11.7 Å². The molecule has 1 atom stereocenters. The highest BCUT2D eigenvalue weighted by molar-refractivity contribution is 5.81. The van der Waals surface area contributed by atoms with Gasteiger partial charge in [-0.2, -0.15) is 0 Å². The van der Waals surface area contributed by atoms with E-state index in [1.165, 1.54) is 12.1 Å². The predicted octanol–water partition coefficient (Wildman–Crippen LogP) is 3.29. The molecule has 0 unspecified atom stereocenters. The molecule has 0 aliphatic rings. The van der Waals surface area contributed by atoms with Gasteiger partial charge in [0.15, 0.2) is 0 Å². The van der Waals surface area contributed by atoms with E-state index >= 15 is 0 Å². The number of halogens is 1. The van der Waals surface area contributed by atoms with Crippen LogP contribution in [0.15, 0.2) is 30.3 Å². The summed E-state index contributed by atoms with van der Waals surface area (Å²) in [6.45, 7) is 3.92. The molecule has 2 rings (SSSR count). The molecule has 1 heterocycles. The number of aliphatic carboxylic acids is 1. The minimum Gasteiger partial charge on any atom is -0.480 e. The van der Waals surface area contributed by atoms with E-state index in [2.05, 4.69) is 10.3 Å². The Morgan fingerprint density at radius 1 is 1.35 bits per heavy atom. The Morgan fingerprint density at radius 2 is 2.05 bits per heavy atom. The van der Waals surface area contributed by atoms with Gasteiger partial charge in [0.2, 0.25) is 0 Å². The fourth-order valence-electron chi connectivity index (χ4n) is 2.04. The van der Waals surface area contributed by atoms with Gasteiger partial charge in [0.1, 0.15) is 17.7 Å². The largest absolute Gasteiger partial charge is 0.480 e. The molecule has 1 aromatic heterocycles. The van der Waals surface area contributed by atoms with Crippen LogP contribution in [-0.4, -0.2) is 22.1 Å². The van der Waals surface area contributed by atoms with Crippen LogP contribution in [0.5, 0.6) is 0 Å². The van der Waals surface area contributed by atoms with E-state index in [0.717, 1.165) is 5.39 Å². The Bertz CT molecular complexity index is 628. The van der Waals surface area contributed by atoms with Gasteiger partial charge in [-0.25, -0.2) is 14.2 Å². The van der Waals surface area contributed by atoms with Crippen molar-refractivity contribution in [2.24, 2.45) is 5.92 Å². The number of nitrogens with zero attached hydrogens (tertiary/aromatic N) is 1. The number of anilines is 1. The van der Waals surface area contributed by atoms with Gasteiger partial charge in [-0.05, 0) is 36.6 Å². The van der Waals surface area contributed by atoms with E-state index < -0.39 is 12.0 Å². The Labute approximate surface area is 116 Å². The Hall–Kier alpha value is -2.17. The fourth-order valence-corrected chi connectivity index (χ4v) is 2.04. The first-order chi connectivity index (χ1) is 9.45. The molecule has 0 spiro atoms. The molecule has 5 heteroatoms. The average molecular weight is 276 g/mol. The molecule has 0 bridgehead atoms. The summed E-state index contributed by atoms with van der Waals surface area (Å²) >= 11 is 0. The summed E-state index contributed by atoms with van der Waals surface area (Å²) in [6.07, 6.45) is 0.498. The topological polar surface area (TPSA) is 62.2 Å². The van der Waals surface area contributed by atoms with Gasteiger partial charge in [-0.1, -0.05) is 13.8 Å². The molecule has 2 aromatic rings. The number of pyridine rings is 1. The second-order valence-corrected chi connectivity index (χ2v) is 5.20. The molecule has 0 amide bonds. The molecule has 2 N–H and O–H groups in total. The van der Waals surface area contributed by atoms with Crippen LogP contribution < -0.4 is 5.32 Å². The van der Waals surface area contributed by atoms with Crippen LogP contribution in [0.25, 0.3) is 10.9 Å². The van der Waals surface area contributed by atoms with Crippen molar-refractivity contribution in [2.45, 2.75) is 26.3 Å². The summed E-state index contributed by atoms with van der Waals surface area (Å²) in [5.74, 6) is -0.586. The normalized spacial score (nSPS) is 12.6. The number of carboxylic acids is 1. The molecular weight excluding hydrogens is 259 g/mol. The number of hydrogen-bond acceptors (Lipinski definition) is 3. The quantitative estimate of drug-likeness (QED) is 0.879. The standard InChI is InChI=1S/C15H17FN2O2/c1-9(2)7-13(15(19)20)18-14-6-4-10-3-5-11(16)8-12(10)17-14/h3-6,8-9,13H,7H2,1-2H3,(H,17,18)(H,19,20)/t13-/m0/s1. The monoisotopic (exact) mass is 276 g/mol. The molecule has 4 nitrogen and oxygen atoms in total. The molecule has 0 radical (unpaired) electrons. The third-order valence-electron chi connectivity index (χ3n) is 2.98. The Balaban J connectivity index is 2.25. The highest BCUT2D eigenvalue weighted by atomic mass is 19.1. The van der Waals surface area contributed by atoms with E-state index in [4.69, 9.17) is 0 Å². The summed E-state index contributed by atoms with van der Waals surface area (Å²) in [6, 6.07) is 7.14. The highest BCUT2D eigenvalue weighted by Crippen LogP contribution is 2.18. The number of aromatic nitrogens is 1. The van der Waals surface area contributed by atoms with E-state index in [9.17, 15) is 14.3 Å². The van der Waals surface area contributed by atoms with Gasteiger partial charge < -0.3 is 10.4 Å². The second-order valence-electron chi connectivity index (χ2n) is 5.20. The molecule has 0 aliphatic carbocycles. The average Bonchev–Trinajstić information content (AvgIpc) is 2.36. The van der Waals surface area contributed by atoms with Crippen molar-refractivity contribution in [2.75, 3.05) is 5.32 Å². The lowest BCUT2D eigenvalue weighted by molar-refractivity contribution is -0.138. The SMILES string of the molecule is CC(C)C[C@H](Nc1ccc2ccc(F)cc2n1)C(=O)O. The molecule has 0 saturated carbocycles. The second kappa shape index (κ2) is 5.86. The van der Waals surface area contributed by atoms with Crippen LogP contribution in [-0.2, 0) is 4.79 Å². The summed E-state index contributed by atoms with van der Waals surface area (Å²) < 4.78 is 13.2. The number of rotatable bonds is 5. The number of nitrogens with one attached hydrogen (secondary N) is 1. The van der Waals surface area contributed by atoms with E-state index in [1.54, 1.807) is 18.2 Å². The number of hydrogen-bond donors (Lipinski definition) is 2. The van der Waals surface area contributed by atoms with Crippen LogP contribution in [0.4, 0.5) is 10.2 Å². The van der Waals surface area contributed by atoms with Crippen LogP contribution >= 0.6 is 0 Å². The molecule has 106 valence electrons. The van der Waals surface area contributed by atoms with Crippen molar-refractivity contribution in [3.05, 3.63) is 36.1 Å². The van der Waals surface area contributed by atoms with Gasteiger partial charge in [0.25, 0.3) is 0 Å². The van der Waals surface area contributed by atoms with Crippen molar-refractivity contribution in [1.29, 1.82) is 0 Å². The predicted molar refractivity (Wildman–Crippen MR) is 76.2 cm³/mol. The molecule has 0 fully saturated rings. The lowest BCUT2D eigenvalue weighted by Gasteiger charge is -2.17. The third-order valence-corrected chi connectivity index (χ3v) is 2.98. The maximum atomic E-state index is 13.2. The Kier molecular flexibility index (Phi) is 4.17. The Morgan fingerprint density at radius 3 is 2.70 bits per heavy atom. The number of carboxylic acid groups (broad SMARTS) is 1. The molecular formula is C15H17FN2O2.